The van der Waals surface area contributed by atoms with Crippen molar-refractivity contribution in [3.05, 3.63) is 77.8 Å². The molecule has 7 nitrogen and oxygen atoms in total. The fourth-order valence-electron chi connectivity index (χ4n) is 5.80. The van der Waals surface area contributed by atoms with E-state index in [1.54, 1.807) is 41.3 Å². The molecule has 10 heteroatoms. The number of nitrogens with zero attached hydrogens (tertiary/aromatic N) is 4. The molecule has 218 valence electrons. The molecule has 0 bridgehead atoms. The topological polar surface area (TPSA) is 60.9 Å². The van der Waals surface area contributed by atoms with Gasteiger partial charge in [0, 0.05) is 74.1 Å². The number of pyridine rings is 1. The van der Waals surface area contributed by atoms with Gasteiger partial charge in [0.1, 0.15) is 11.6 Å². The van der Waals surface area contributed by atoms with E-state index < -0.39 is 5.82 Å². The molecule has 2 saturated heterocycles. The zero-order valence-corrected chi connectivity index (χ0v) is 24.0. The lowest BCUT2D eigenvalue weighted by Crippen LogP contribution is -2.48. The maximum Gasteiger partial charge on any atom is 0.246 e. The van der Waals surface area contributed by atoms with Crippen molar-refractivity contribution in [1.29, 1.82) is 0 Å². The SMILES string of the molecule is C=CC(=O)N1CCN(c2ccc3c(NCCN4CCOCC4)nc4cc(-c5c(F)cccc5Cl)ccc4c3c2F)CC1. The fraction of sp³-hybridized carbons (Fsp3) is 0.312. The third-order valence-electron chi connectivity index (χ3n) is 8.06. The van der Waals surface area contributed by atoms with E-state index in [1.165, 1.54) is 12.1 Å². The molecule has 2 aliphatic heterocycles. The Hall–Kier alpha value is -3.79. The van der Waals surface area contributed by atoms with E-state index in [9.17, 15) is 9.18 Å². The Kier molecular flexibility index (Phi) is 8.24. The molecule has 0 unspecified atom stereocenters. The smallest absolute Gasteiger partial charge is 0.246 e. The molecule has 1 N–H and O–H groups in total. The predicted molar refractivity (Wildman–Crippen MR) is 164 cm³/mol. The first kappa shape index (κ1) is 28.3. The normalized spacial score (nSPS) is 16.3. The van der Waals surface area contributed by atoms with Gasteiger partial charge < -0.3 is 19.9 Å². The Morgan fingerprint density at radius 1 is 1.02 bits per heavy atom. The van der Waals surface area contributed by atoms with Crippen LogP contribution in [0.2, 0.25) is 5.02 Å². The summed E-state index contributed by atoms with van der Waals surface area (Å²) in [6.45, 7) is 10.1. The second-order valence-electron chi connectivity index (χ2n) is 10.5. The molecule has 1 aromatic heterocycles. The van der Waals surface area contributed by atoms with Crippen LogP contribution < -0.4 is 10.2 Å². The summed E-state index contributed by atoms with van der Waals surface area (Å²) in [5.74, 6) is -0.344. The third kappa shape index (κ3) is 5.52. The molecule has 6 rings (SSSR count). The molecule has 0 atom stereocenters. The predicted octanol–water partition coefficient (Wildman–Crippen LogP) is 5.57. The molecule has 0 radical (unpaired) electrons. The Morgan fingerprint density at radius 3 is 2.52 bits per heavy atom. The number of piperazine rings is 1. The number of nitrogens with one attached hydrogen (secondary N) is 1. The molecule has 0 aliphatic carbocycles. The monoisotopic (exact) mass is 591 g/mol. The molecule has 0 saturated carbocycles. The Labute approximate surface area is 248 Å². The van der Waals surface area contributed by atoms with Crippen LogP contribution in [0, 0.1) is 11.6 Å². The summed E-state index contributed by atoms with van der Waals surface area (Å²) < 4.78 is 36.8. The standard InChI is InChI=1S/C32H32ClF2N5O2/c1-2-28(41)40-14-12-39(13-15-40)27-9-8-23-30(31(27)35)22-7-6-21(29-24(33)4-3-5-25(29)34)20-26(22)37-32(23)36-10-11-38-16-18-42-19-17-38/h2-9,20H,1,10-19H2,(H,36,37). The molecule has 3 aromatic carbocycles. The maximum atomic E-state index is 16.6. The van der Waals surface area contributed by atoms with E-state index in [2.05, 4.69) is 16.8 Å². The van der Waals surface area contributed by atoms with Gasteiger partial charge in [-0.15, -0.1) is 0 Å². The number of halogens is 3. The number of ether oxygens (including phenoxy) is 1. The van der Waals surface area contributed by atoms with Gasteiger partial charge in [0.2, 0.25) is 5.91 Å². The average Bonchev–Trinajstić information content (AvgIpc) is 3.01. The second-order valence-corrected chi connectivity index (χ2v) is 10.9. The van der Waals surface area contributed by atoms with E-state index >= 15 is 4.39 Å². The summed E-state index contributed by atoms with van der Waals surface area (Å²) in [5, 5.41) is 5.47. The maximum absolute atomic E-state index is 16.6. The largest absolute Gasteiger partial charge is 0.379 e. The summed E-state index contributed by atoms with van der Waals surface area (Å²) in [6, 6.07) is 13.6. The van der Waals surface area contributed by atoms with Gasteiger partial charge in [0.25, 0.3) is 0 Å². The number of amides is 1. The van der Waals surface area contributed by atoms with Crippen LogP contribution in [0.15, 0.2) is 61.2 Å². The Balaban J connectivity index is 1.41. The van der Waals surface area contributed by atoms with Gasteiger partial charge in [-0.2, -0.15) is 0 Å². The number of aromatic nitrogens is 1. The summed E-state index contributed by atoms with van der Waals surface area (Å²) in [5.41, 5.74) is 1.86. The van der Waals surface area contributed by atoms with Crippen LogP contribution >= 0.6 is 11.6 Å². The number of anilines is 2. The van der Waals surface area contributed by atoms with Crippen LogP contribution in [0.5, 0.6) is 0 Å². The second kappa shape index (κ2) is 12.2. The quantitative estimate of drug-likeness (QED) is 0.224. The van der Waals surface area contributed by atoms with Crippen molar-refractivity contribution < 1.29 is 18.3 Å². The highest BCUT2D eigenvalue weighted by Crippen LogP contribution is 2.39. The van der Waals surface area contributed by atoms with Crippen LogP contribution in [-0.2, 0) is 9.53 Å². The number of rotatable bonds is 7. The van der Waals surface area contributed by atoms with Crippen molar-refractivity contribution in [2.45, 2.75) is 0 Å². The Bertz CT molecular complexity index is 1630. The number of benzene rings is 3. The van der Waals surface area contributed by atoms with E-state index in [0.717, 1.165) is 19.6 Å². The highest BCUT2D eigenvalue weighted by atomic mass is 35.5. The number of morpholine rings is 1. The van der Waals surface area contributed by atoms with E-state index in [0.29, 0.717) is 89.7 Å². The summed E-state index contributed by atoms with van der Waals surface area (Å²) >= 11 is 6.37. The molecule has 3 heterocycles. The average molecular weight is 592 g/mol. The molecule has 2 fully saturated rings. The van der Waals surface area contributed by atoms with Gasteiger partial charge in [-0.3, -0.25) is 9.69 Å². The first-order chi connectivity index (χ1) is 20.4. The van der Waals surface area contributed by atoms with Crippen LogP contribution in [0.3, 0.4) is 0 Å². The van der Waals surface area contributed by atoms with Crippen LogP contribution in [0.25, 0.3) is 32.8 Å². The number of carbonyl (C=O) groups excluding carboxylic acids is 1. The summed E-state index contributed by atoms with van der Waals surface area (Å²) in [7, 11) is 0. The lowest BCUT2D eigenvalue weighted by atomic mass is 9.99. The lowest BCUT2D eigenvalue weighted by molar-refractivity contribution is -0.126. The lowest BCUT2D eigenvalue weighted by Gasteiger charge is -2.36. The molecular weight excluding hydrogens is 560 g/mol. The summed E-state index contributed by atoms with van der Waals surface area (Å²) in [4.78, 5) is 22.9. The molecule has 2 aliphatic rings. The third-order valence-corrected chi connectivity index (χ3v) is 8.37. The number of hydrogen-bond donors (Lipinski definition) is 1. The zero-order valence-electron chi connectivity index (χ0n) is 23.2. The molecular formula is C32H32ClF2N5O2. The molecule has 0 spiro atoms. The summed E-state index contributed by atoms with van der Waals surface area (Å²) in [6.07, 6.45) is 1.31. The van der Waals surface area contributed by atoms with Crippen LogP contribution in [-0.4, -0.2) is 86.3 Å². The van der Waals surface area contributed by atoms with Gasteiger partial charge in [0.15, 0.2) is 5.82 Å². The molecule has 4 aromatic rings. The minimum absolute atomic E-state index is 0.121. The Morgan fingerprint density at radius 2 is 1.79 bits per heavy atom. The molecule has 1 amide bonds. The van der Waals surface area contributed by atoms with Crippen molar-refractivity contribution in [2.75, 3.05) is 75.8 Å². The van der Waals surface area contributed by atoms with Gasteiger partial charge in [-0.05, 0) is 42.0 Å². The van der Waals surface area contributed by atoms with E-state index in [4.69, 9.17) is 21.3 Å². The van der Waals surface area contributed by atoms with Crippen LogP contribution in [0.4, 0.5) is 20.3 Å². The van der Waals surface area contributed by atoms with Crippen LogP contribution in [0.1, 0.15) is 0 Å². The van der Waals surface area contributed by atoms with Crippen molar-refractivity contribution >= 4 is 50.7 Å². The van der Waals surface area contributed by atoms with Gasteiger partial charge >= 0.3 is 0 Å². The molecule has 42 heavy (non-hydrogen) atoms. The minimum atomic E-state index is -0.436. The number of hydrogen-bond acceptors (Lipinski definition) is 6. The van der Waals surface area contributed by atoms with Crippen molar-refractivity contribution in [1.82, 2.24) is 14.8 Å². The van der Waals surface area contributed by atoms with Crippen molar-refractivity contribution in [2.24, 2.45) is 0 Å². The van der Waals surface area contributed by atoms with Gasteiger partial charge in [-0.25, -0.2) is 13.8 Å². The van der Waals surface area contributed by atoms with Gasteiger partial charge in [0.05, 0.1) is 29.4 Å². The highest BCUT2D eigenvalue weighted by molar-refractivity contribution is 6.33. The highest BCUT2D eigenvalue weighted by Gasteiger charge is 2.24. The fourth-order valence-corrected chi connectivity index (χ4v) is 6.08. The van der Waals surface area contributed by atoms with E-state index in [1.807, 2.05) is 11.0 Å². The van der Waals surface area contributed by atoms with E-state index in [-0.39, 0.29) is 17.3 Å². The number of carbonyl (C=O) groups is 1. The van der Waals surface area contributed by atoms with Crippen molar-refractivity contribution in [3.63, 3.8) is 0 Å². The van der Waals surface area contributed by atoms with Gasteiger partial charge in [-0.1, -0.05) is 36.4 Å². The zero-order chi connectivity index (χ0) is 29.2. The van der Waals surface area contributed by atoms with Crippen molar-refractivity contribution in [3.8, 4) is 11.1 Å². The first-order valence-electron chi connectivity index (χ1n) is 14.1. The number of fused-ring (bicyclic) bond motifs is 3. The minimum Gasteiger partial charge on any atom is -0.379 e. The first-order valence-corrected chi connectivity index (χ1v) is 14.5.